The number of fused-ring (bicyclic) bond motifs is 1. The Morgan fingerprint density at radius 2 is 1.76 bits per heavy atom. The number of anilines is 1. The number of carbonyl (C=O) groups is 1. The first-order valence-corrected chi connectivity index (χ1v) is 11.1. The molecule has 0 saturated carbocycles. The molecular formula is C26H21Cl2NO4. The largest absolute Gasteiger partial charge is 0.473 e. The summed E-state index contributed by atoms with van der Waals surface area (Å²) in [7, 11) is 0. The molecule has 0 aliphatic heterocycles. The average molecular weight is 482 g/mol. The number of nitrogens with one attached hydrogen (secondary N) is 1. The van der Waals surface area contributed by atoms with Crippen LogP contribution >= 0.6 is 23.2 Å². The summed E-state index contributed by atoms with van der Waals surface area (Å²) in [5, 5.41) is 3.52. The van der Waals surface area contributed by atoms with Crippen molar-refractivity contribution < 1.29 is 13.9 Å². The van der Waals surface area contributed by atoms with Crippen LogP contribution in [0.3, 0.4) is 0 Å². The average Bonchev–Trinajstić information content (AvgIpc) is 2.78. The number of aryl methyl sites for hydroxylation is 2. The number of hydrogen-bond acceptors (Lipinski definition) is 4. The summed E-state index contributed by atoms with van der Waals surface area (Å²) in [6, 6.07) is 17.7. The minimum absolute atomic E-state index is 0.0877. The smallest absolute Gasteiger partial charge is 0.265 e. The van der Waals surface area contributed by atoms with Crippen LogP contribution in [0.2, 0.25) is 10.0 Å². The Hall–Kier alpha value is -3.28. The van der Waals surface area contributed by atoms with E-state index in [0.717, 1.165) is 11.1 Å². The van der Waals surface area contributed by atoms with Gasteiger partial charge in [0, 0.05) is 16.3 Å². The second kappa shape index (κ2) is 9.30. The zero-order chi connectivity index (χ0) is 23.7. The number of halogens is 2. The molecule has 1 amide bonds. The van der Waals surface area contributed by atoms with Gasteiger partial charge in [0.2, 0.25) is 11.2 Å². The highest BCUT2D eigenvalue weighted by atomic mass is 35.5. The van der Waals surface area contributed by atoms with Gasteiger partial charge in [0.25, 0.3) is 5.91 Å². The summed E-state index contributed by atoms with van der Waals surface area (Å²) in [6.45, 7) is 5.46. The lowest BCUT2D eigenvalue weighted by Gasteiger charge is -2.18. The Balaban J connectivity index is 1.76. The predicted molar refractivity (Wildman–Crippen MR) is 133 cm³/mol. The van der Waals surface area contributed by atoms with E-state index in [9.17, 15) is 9.59 Å². The molecule has 33 heavy (non-hydrogen) atoms. The van der Waals surface area contributed by atoms with Gasteiger partial charge in [-0.2, -0.15) is 0 Å². The fraction of sp³-hybridized carbons (Fsp3) is 0.154. The van der Waals surface area contributed by atoms with Crippen LogP contribution in [0.1, 0.15) is 18.1 Å². The van der Waals surface area contributed by atoms with Crippen LogP contribution < -0.4 is 15.5 Å². The minimum atomic E-state index is -0.983. The second-order valence-corrected chi connectivity index (χ2v) is 8.63. The molecule has 7 heteroatoms. The van der Waals surface area contributed by atoms with Crippen LogP contribution in [-0.2, 0) is 4.79 Å². The zero-order valence-corrected chi connectivity index (χ0v) is 19.8. The fourth-order valence-electron chi connectivity index (χ4n) is 3.51. The Labute approximate surface area is 200 Å². The molecular weight excluding hydrogens is 461 g/mol. The van der Waals surface area contributed by atoms with Crippen molar-refractivity contribution in [3.8, 4) is 17.1 Å². The van der Waals surface area contributed by atoms with E-state index in [4.69, 9.17) is 32.4 Å². The van der Waals surface area contributed by atoms with E-state index in [2.05, 4.69) is 5.32 Å². The zero-order valence-electron chi connectivity index (χ0n) is 18.2. The fourth-order valence-corrected chi connectivity index (χ4v) is 4.04. The molecule has 1 atom stereocenters. The summed E-state index contributed by atoms with van der Waals surface area (Å²) >= 11 is 12.4. The monoisotopic (exact) mass is 481 g/mol. The maximum atomic E-state index is 13.4. The number of benzene rings is 3. The van der Waals surface area contributed by atoms with Crippen molar-refractivity contribution in [2.24, 2.45) is 0 Å². The second-order valence-electron chi connectivity index (χ2n) is 7.79. The molecule has 0 saturated heterocycles. The lowest BCUT2D eigenvalue weighted by Crippen LogP contribution is -2.32. The van der Waals surface area contributed by atoms with Gasteiger partial charge in [-0.3, -0.25) is 9.59 Å². The van der Waals surface area contributed by atoms with Crippen molar-refractivity contribution in [2.75, 3.05) is 5.32 Å². The molecule has 1 unspecified atom stereocenters. The first kappa shape index (κ1) is 22.9. The molecule has 1 heterocycles. The van der Waals surface area contributed by atoms with E-state index < -0.39 is 17.4 Å². The lowest BCUT2D eigenvalue weighted by atomic mass is 10.1. The maximum absolute atomic E-state index is 13.4. The third-order valence-electron chi connectivity index (χ3n) is 5.21. The molecule has 0 aliphatic carbocycles. The van der Waals surface area contributed by atoms with Crippen molar-refractivity contribution in [2.45, 2.75) is 26.9 Å². The van der Waals surface area contributed by atoms with Crippen molar-refractivity contribution >= 4 is 45.8 Å². The van der Waals surface area contributed by atoms with Crippen molar-refractivity contribution in [3.05, 3.63) is 92.1 Å². The highest BCUT2D eigenvalue weighted by Crippen LogP contribution is 2.35. The first-order valence-electron chi connectivity index (χ1n) is 10.3. The third kappa shape index (κ3) is 4.75. The maximum Gasteiger partial charge on any atom is 0.265 e. The number of ether oxygens (including phenoxy) is 1. The van der Waals surface area contributed by atoms with Crippen molar-refractivity contribution in [3.63, 3.8) is 0 Å². The SMILES string of the molecule is Cc1ccc(NC(=O)C(C)Oc2c(-c3ccccc3)oc3c(Cl)cc(Cl)cc3c2=O)c(C)c1. The van der Waals surface area contributed by atoms with Crippen LogP contribution in [0.15, 0.2) is 69.9 Å². The Kier molecular flexibility index (Phi) is 6.45. The highest BCUT2D eigenvalue weighted by molar-refractivity contribution is 6.38. The first-order chi connectivity index (χ1) is 15.7. The molecule has 5 nitrogen and oxygen atoms in total. The van der Waals surface area contributed by atoms with E-state index in [1.807, 2.05) is 50.2 Å². The van der Waals surface area contributed by atoms with Gasteiger partial charge < -0.3 is 14.5 Å². The molecule has 4 aromatic rings. The van der Waals surface area contributed by atoms with Crippen LogP contribution in [0.25, 0.3) is 22.3 Å². The summed E-state index contributed by atoms with van der Waals surface area (Å²) in [4.78, 5) is 26.3. The van der Waals surface area contributed by atoms with E-state index in [1.54, 1.807) is 19.1 Å². The van der Waals surface area contributed by atoms with E-state index in [1.165, 1.54) is 12.1 Å². The molecule has 0 radical (unpaired) electrons. The molecule has 0 spiro atoms. The molecule has 1 N–H and O–H groups in total. The molecule has 3 aromatic carbocycles. The van der Waals surface area contributed by atoms with Gasteiger partial charge in [0.1, 0.15) is 0 Å². The molecule has 4 rings (SSSR count). The molecule has 168 valence electrons. The van der Waals surface area contributed by atoms with Crippen LogP contribution in [-0.4, -0.2) is 12.0 Å². The summed E-state index contributed by atoms with van der Waals surface area (Å²) in [6.07, 6.45) is -0.983. The Morgan fingerprint density at radius 1 is 1.03 bits per heavy atom. The van der Waals surface area contributed by atoms with Gasteiger partial charge in [-0.25, -0.2) is 0 Å². The van der Waals surface area contributed by atoms with E-state index in [-0.39, 0.29) is 27.5 Å². The van der Waals surface area contributed by atoms with Gasteiger partial charge in [0.15, 0.2) is 17.4 Å². The Morgan fingerprint density at radius 3 is 2.45 bits per heavy atom. The molecule has 0 bridgehead atoms. The van der Waals surface area contributed by atoms with E-state index >= 15 is 0 Å². The summed E-state index contributed by atoms with van der Waals surface area (Å²) in [5.41, 5.74) is 3.03. The van der Waals surface area contributed by atoms with Gasteiger partial charge >= 0.3 is 0 Å². The highest BCUT2D eigenvalue weighted by Gasteiger charge is 2.24. The lowest BCUT2D eigenvalue weighted by molar-refractivity contribution is -0.122. The minimum Gasteiger partial charge on any atom is -0.473 e. The summed E-state index contributed by atoms with van der Waals surface area (Å²) < 4.78 is 11.9. The molecule has 0 fully saturated rings. The van der Waals surface area contributed by atoms with Crippen LogP contribution in [0.5, 0.6) is 5.75 Å². The van der Waals surface area contributed by atoms with Crippen molar-refractivity contribution in [1.82, 2.24) is 0 Å². The van der Waals surface area contributed by atoms with Gasteiger partial charge in [-0.15, -0.1) is 0 Å². The van der Waals surface area contributed by atoms with Gasteiger partial charge in [-0.05, 0) is 44.5 Å². The van der Waals surface area contributed by atoms with E-state index in [0.29, 0.717) is 16.3 Å². The third-order valence-corrected chi connectivity index (χ3v) is 5.71. The van der Waals surface area contributed by atoms with Crippen LogP contribution in [0.4, 0.5) is 5.69 Å². The number of rotatable bonds is 5. The predicted octanol–water partition coefficient (Wildman–Crippen LogP) is 6.79. The molecule has 1 aromatic heterocycles. The quantitative estimate of drug-likeness (QED) is 0.340. The molecule has 0 aliphatic rings. The normalized spacial score (nSPS) is 11.9. The summed E-state index contributed by atoms with van der Waals surface area (Å²) in [5.74, 6) is -0.302. The van der Waals surface area contributed by atoms with Gasteiger partial charge in [-0.1, -0.05) is 71.2 Å². The number of carbonyl (C=O) groups excluding carboxylic acids is 1. The standard InChI is InChI=1S/C26H21Cl2NO4/c1-14-9-10-21(15(2)11-14)29-26(31)16(3)32-25-22(30)19-12-18(27)13-20(28)24(19)33-23(25)17-7-5-4-6-8-17/h4-13,16H,1-3H3,(H,29,31). The van der Waals surface area contributed by atoms with Crippen LogP contribution in [0, 0.1) is 13.8 Å². The number of amides is 1. The Bertz CT molecular complexity index is 1410. The topological polar surface area (TPSA) is 68.5 Å². The number of hydrogen-bond donors (Lipinski definition) is 1. The van der Waals surface area contributed by atoms with Gasteiger partial charge in [0.05, 0.1) is 10.4 Å². The van der Waals surface area contributed by atoms with Crippen molar-refractivity contribution in [1.29, 1.82) is 0 Å².